The van der Waals surface area contributed by atoms with Crippen LogP contribution < -0.4 is 0 Å². The number of hydrogen-bond donors (Lipinski definition) is 0. The highest BCUT2D eigenvalue weighted by Gasteiger charge is 2.05. The van der Waals surface area contributed by atoms with Crippen molar-refractivity contribution < 1.29 is 4.39 Å². The SMILES string of the molecule is N#Cc1ccc(F)cc1-n1cncn1. The third kappa shape index (κ3) is 1.33. The summed E-state index contributed by atoms with van der Waals surface area (Å²) in [5.74, 6) is -0.408. The number of nitrogens with zero attached hydrogens (tertiary/aromatic N) is 4. The quantitative estimate of drug-likeness (QED) is 0.677. The van der Waals surface area contributed by atoms with Gasteiger partial charge in [0.25, 0.3) is 0 Å². The zero-order valence-electron chi connectivity index (χ0n) is 7.05. The maximum atomic E-state index is 12.9. The Morgan fingerprint density at radius 3 is 2.93 bits per heavy atom. The third-order valence-electron chi connectivity index (χ3n) is 1.75. The van der Waals surface area contributed by atoms with Crippen molar-refractivity contribution in [3.8, 4) is 11.8 Å². The van der Waals surface area contributed by atoms with E-state index in [0.29, 0.717) is 11.3 Å². The predicted octanol–water partition coefficient (Wildman–Crippen LogP) is 1.28. The molecule has 4 nitrogen and oxygen atoms in total. The zero-order chi connectivity index (χ0) is 9.97. The molecule has 1 heterocycles. The van der Waals surface area contributed by atoms with E-state index in [0.717, 1.165) is 0 Å². The van der Waals surface area contributed by atoms with Crippen LogP contribution >= 0.6 is 0 Å². The number of rotatable bonds is 1. The van der Waals surface area contributed by atoms with Crippen molar-refractivity contribution in [3.05, 3.63) is 42.2 Å². The van der Waals surface area contributed by atoms with E-state index < -0.39 is 5.82 Å². The second-order valence-corrected chi connectivity index (χ2v) is 2.61. The van der Waals surface area contributed by atoms with Crippen molar-refractivity contribution in [2.45, 2.75) is 0 Å². The van der Waals surface area contributed by atoms with Crippen molar-refractivity contribution in [1.29, 1.82) is 5.26 Å². The highest BCUT2D eigenvalue weighted by molar-refractivity contribution is 5.47. The fraction of sp³-hybridized carbons (Fsp3) is 0. The van der Waals surface area contributed by atoms with Crippen LogP contribution in [0.25, 0.3) is 5.69 Å². The fourth-order valence-corrected chi connectivity index (χ4v) is 1.12. The first-order valence-corrected chi connectivity index (χ1v) is 3.86. The van der Waals surface area contributed by atoms with Crippen LogP contribution in [-0.2, 0) is 0 Å². The molecule has 14 heavy (non-hydrogen) atoms. The maximum absolute atomic E-state index is 12.9. The van der Waals surface area contributed by atoms with E-state index in [1.807, 2.05) is 6.07 Å². The molecule has 0 saturated carbocycles. The van der Waals surface area contributed by atoms with Gasteiger partial charge in [0.1, 0.15) is 24.5 Å². The van der Waals surface area contributed by atoms with Crippen LogP contribution in [0.3, 0.4) is 0 Å². The number of hydrogen-bond acceptors (Lipinski definition) is 3. The Bertz CT molecular complexity index is 484. The normalized spacial score (nSPS) is 9.71. The van der Waals surface area contributed by atoms with E-state index in [9.17, 15) is 4.39 Å². The van der Waals surface area contributed by atoms with Crippen LogP contribution in [0.4, 0.5) is 4.39 Å². The Morgan fingerprint density at radius 1 is 1.43 bits per heavy atom. The van der Waals surface area contributed by atoms with Crippen LogP contribution in [0.5, 0.6) is 0 Å². The molecule has 0 fully saturated rings. The molecule has 0 amide bonds. The molecule has 2 aromatic rings. The van der Waals surface area contributed by atoms with Crippen molar-refractivity contribution in [2.24, 2.45) is 0 Å². The van der Waals surface area contributed by atoms with Gasteiger partial charge in [0.05, 0.1) is 11.3 Å². The lowest BCUT2D eigenvalue weighted by Gasteiger charge is -2.02. The van der Waals surface area contributed by atoms with Crippen LogP contribution in [0, 0.1) is 17.1 Å². The molecule has 68 valence electrons. The Balaban J connectivity index is 2.63. The molecule has 2 rings (SSSR count). The summed E-state index contributed by atoms with van der Waals surface area (Å²) in [5.41, 5.74) is 0.752. The molecular weight excluding hydrogens is 183 g/mol. The van der Waals surface area contributed by atoms with Crippen molar-refractivity contribution >= 4 is 0 Å². The smallest absolute Gasteiger partial charge is 0.138 e. The van der Waals surface area contributed by atoms with Crippen LogP contribution in [0.15, 0.2) is 30.9 Å². The minimum Gasteiger partial charge on any atom is -0.223 e. The van der Waals surface area contributed by atoms with E-state index in [1.54, 1.807) is 0 Å². The highest BCUT2D eigenvalue weighted by atomic mass is 19.1. The van der Waals surface area contributed by atoms with Gasteiger partial charge in [-0.15, -0.1) is 0 Å². The summed E-state index contributed by atoms with van der Waals surface area (Å²) in [6.45, 7) is 0. The van der Waals surface area contributed by atoms with Crippen molar-refractivity contribution in [2.75, 3.05) is 0 Å². The van der Waals surface area contributed by atoms with E-state index in [-0.39, 0.29) is 0 Å². The van der Waals surface area contributed by atoms with Gasteiger partial charge < -0.3 is 0 Å². The first-order valence-electron chi connectivity index (χ1n) is 3.86. The topological polar surface area (TPSA) is 54.5 Å². The Labute approximate surface area is 79.2 Å². The number of benzene rings is 1. The minimum absolute atomic E-state index is 0.358. The molecule has 0 aliphatic carbocycles. The van der Waals surface area contributed by atoms with Crippen molar-refractivity contribution in [3.63, 3.8) is 0 Å². The van der Waals surface area contributed by atoms with Gasteiger partial charge in [-0.2, -0.15) is 10.4 Å². The van der Waals surface area contributed by atoms with Gasteiger partial charge in [-0.25, -0.2) is 14.1 Å². The first kappa shape index (κ1) is 8.38. The van der Waals surface area contributed by atoms with Gasteiger partial charge in [-0.3, -0.25) is 0 Å². The third-order valence-corrected chi connectivity index (χ3v) is 1.75. The van der Waals surface area contributed by atoms with Crippen LogP contribution in [0.1, 0.15) is 5.56 Å². The molecule has 0 spiro atoms. The molecule has 5 heteroatoms. The Hall–Kier alpha value is -2.22. The lowest BCUT2D eigenvalue weighted by atomic mass is 10.2. The summed E-state index contributed by atoms with van der Waals surface area (Å²) < 4.78 is 14.3. The van der Waals surface area contributed by atoms with E-state index in [2.05, 4.69) is 10.1 Å². The summed E-state index contributed by atoms with van der Waals surface area (Å²) in [4.78, 5) is 3.72. The molecular formula is C9H5FN4. The number of halogens is 1. The molecule has 0 radical (unpaired) electrons. The van der Waals surface area contributed by atoms with Crippen LogP contribution in [-0.4, -0.2) is 14.8 Å². The second kappa shape index (κ2) is 3.26. The van der Waals surface area contributed by atoms with E-state index in [1.165, 1.54) is 35.5 Å². The predicted molar refractivity (Wildman–Crippen MR) is 46.0 cm³/mol. The molecule has 0 unspecified atom stereocenters. The number of aromatic nitrogens is 3. The molecule has 0 N–H and O–H groups in total. The summed E-state index contributed by atoms with van der Waals surface area (Å²) >= 11 is 0. The van der Waals surface area contributed by atoms with Crippen molar-refractivity contribution in [1.82, 2.24) is 14.8 Å². The van der Waals surface area contributed by atoms with Gasteiger partial charge in [0, 0.05) is 6.07 Å². The molecule has 1 aromatic carbocycles. The zero-order valence-corrected chi connectivity index (χ0v) is 7.05. The van der Waals surface area contributed by atoms with Gasteiger partial charge in [-0.05, 0) is 12.1 Å². The largest absolute Gasteiger partial charge is 0.223 e. The molecule has 0 aliphatic heterocycles. The molecule has 1 aromatic heterocycles. The molecule has 0 saturated heterocycles. The lowest BCUT2D eigenvalue weighted by Crippen LogP contribution is -1.98. The Kier molecular flexibility index (Phi) is 1.95. The molecule has 0 atom stereocenters. The van der Waals surface area contributed by atoms with Gasteiger partial charge in [-0.1, -0.05) is 0 Å². The second-order valence-electron chi connectivity index (χ2n) is 2.61. The van der Waals surface area contributed by atoms with Gasteiger partial charge >= 0.3 is 0 Å². The number of nitriles is 1. The van der Waals surface area contributed by atoms with Gasteiger partial charge in [0.2, 0.25) is 0 Å². The van der Waals surface area contributed by atoms with E-state index >= 15 is 0 Å². The summed E-state index contributed by atoms with van der Waals surface area (Å²) in [6, 6.07) is 5.84. The average Bonchev–Trinajstić information content (AvgIpc) is 2.70. The monoisotopic (exact) mass is 188 g/mol. The molecule has 0 aliphatic rings. The Morgan fingerprint density at radius 2 is 2.29 bits per heavy atom. The highest BCUT2D eigenvalue weighted by Crippen LogP contribution is 2.13. The summed E-state index contributed by atoms with van der Waals surface area (Å²) in [5, 5.41) is 12.6. The van der Waals surface area contributed by atoms with Crippen LogP contribution in [0.2, 0.25) is 0 Å². The average molecular weight is 188 g/mol. The van der Waals surface area contributed by atoms with Gasteiger partial charge in [0.15, 0.2) is 0 Å². The lowest BCUT2D eigenvalue weighted by molar-refractivity contribution is 0.625. The first-order chi connectivity index (χ1) is 6.81. The standard InChI is InChI=1S/C9H5FN4/c10-8-2-1-7(4-11)9(3-8)14-6-12-5-13-14/h1-3,5-6H. The summed E-state index contributed by atoms with van der Waals surface area (Å²) in [6.07, 6.45) is 2.74. The molecule has 0 bridgehead atoms. The fourth-order valence-electron chi connectivity index (χ4n) is 1.12. The summed E-state index contributed by atoms with van der Waals surface area (Å²) in [7, 11) is 0. The van der Waals surface area contributed by atoms with E-state index in [4.69, 9.17) is 5.26 Å². The maximum Gasteiger partial charge on any atom is 0.138 e. The minimum atomic E-state index is -0.408.